The minimum absolute atomic E-state index is 0.151. The van der Waals surface area contributed by atoms with Crippen LogP contribution >= 0.6 is 0 Å². The van der Waals surface area contributed by atoms with Crippen molar-refractivity contribution in [3.05, 3.63) is 64.4 Å². The second-order valence-corrected chi connectivity index (χ2v) is 6.52. The quantitative estimate of drug-likeness (QED) is 0.746. The molecule has 2 heteroatoms. The summed E-state index contributed by atoms with van der Waals surface area (Å²) in [4.78, 5) is 4.62. The van der Waals surface area contributed by atoms with Crippen molar-refractivity contribution in [3.8, 4) is 0 Å². The predicted molar refractivity (Wildman–Crippen MR) is 80.2 cm³/mol. The van der Waals surface area contributed by atoms with Gasteiger partial charge in [0.1, 0.15) is 0 Å². The Morgan fingerprint density at radius 2 is 1.50 bits per heavy atom. The molecule has 0 fully saturated rings. The van der Waals surface area contributed by atoms with Crippen LogP contribution in [0.2, 0.25) is 0 Å². The van der Waals surface area contributed by atoms with Gasteiger partial charge in [-0.1, -0.05) is 0 Å². The molecule has 1 aromatic carbocycles. The molecule has 0 saturated heterocycles. The molecule has 0 amide bonds. The van der Waals surface area contributed by atoms with Gasteiger partial charge in [-0.15, -0.1) is 0 Å². The van der Waals surface area contributed by atoms with Gasteiger partial charge in [-0.05, 0) is 0 Å². The Kier molecular flexibility index (Phi) is 3.12. The number of hydrogen-bond acceptors (Lipinski definition) is 1. The van der Waals surface area contributed by atoms with E-state index in [9.17, 15) is 0 Å². The van der Waals surface area contributed by atoms with Crippen LogP contribution in [0, 0.1) is 0 Å². The number of rotatable bonds is 1. The molecule has 0 unspecified atom stereocenters. The first-order valence-electron chi connectivity index (χ1n) is 6.89. The number of nitrogens with zero attached hydrogens (tertiary/aromatic N) is 1. The van der Waals surface area contributed by atoms with Gasteiger partial charge in [0.15, 0.2) is 0 Å². The van der Waals surface area contributed by atoms with Crippen molar-refractivity contribution in [1.29, 1.82) is 0 Å². The summed E-state index contributed by atoms with van der Waals surface area (Å²) in [6, 6.07) is 10.6. The molecule has 1 nitrogen and oxygen atoms in total. The van der Waals surface area contributed by atoms with Gasteiger partial charge in [0.05, 0.1) is 0 Å². The number of pyridine rings is 1. The molecule has 0 atom stereocenters. The van der Waals surface area contributed by atoms with Crippen molar-refractivity contribution in [2.75, 3.05) is 0 Å². The van der Waals surface area contributed by atoms with Crippen molar-refractivity contribution >= 4 is 10.9 Å². The van der Waals surface area contributed by atoms with Crippen molar-refractivity contribution in [3.63, 3.8) is 0 Å². The number of benzene rings is 1. The molecule has 0 bridgehead atoms. The van der Waals surface area contributed by atoms with Crippen molar-refractivity contribution in [2.24, 2.45) is 0 Å². The Bertz CT molecular complexity index is 739. The van der Waals surface area contributed by atoms with E-state index < -0.39 is 0 Å². The number of allylic oxidation sites excluding steroid dienone is 4. The summed E-state index contributed by atoms with van der Waals surface area (Å²) in [5.41, 5.74) is 7.94. The van der Waals surface area contributed by atoms with E-state index in [4.69, 9.17) is 0 Å². The molecule has 1 aliphatic carbocycles. The van der Waals surface area contributed by atoms with Gasteiger partial charge < -0.3 is 0 Å². The molecule has 1 aliphatic rings. The van der Waals surface area contributed by atoms with Crippen LogP contribution in [0.5, 0.6) is 0 Å². The Morgan fingerprint density at radius 1 is 0.900 bits per heavy atom. The zero-order valence-electron chi connectivity index (χ0n) is 12.3. The average molecular weight is 300 g/mol. The van der Waals surface area contributed by atoms with Crippen LogP contribution in [0.1, 0.15) is 33.3 Å². The molecule has 3 rings (SSSR count). The van der Waals surface area contributed by atoms with Crippen molar-refractivity contribution in [1.82, 2.24) is 4.98 Å². The molecule has 0 aliphatic heterocycles. The second kappa shape index (κ2) is 4.59. The summed E-state index contributed by atoms with van der Waals surface area (Å²) in [5, 5.41) is 1.20. The summed E-state index contributed by atoms with van der Waals surface area (Å²) in [7, 11) is 0. The van der Waals surface area contributed by atoms with E-state index >= 15 is 0 Å². The van der Waals surface area contributed by atoms with Gasteiger partial charge in [-0.2, -0.15) is 0 Å². The second-order valence-electron chi connectivity index (χ2n) is 5.56. The molecule has 0 spiro atoms. The van der Waals surface area contributed by atoms with Crippen LogP contribution in [0.4, 0.5) is 0 Å². The molecule has 101 valence electrons. The minimum atomic E-state index is -0.151. The van der Waals surface area contributed by atoms with E-state index in [0.717, 1.165) is 5.52 Å². The summed E-state index contributed by atoms with van der Waals surface area (Å²) < 4.78 is -0.151. The Balaban J connectivity index is 2.37. The molecule has 1 aromatic heterocycles. The first-order valence-corrected chi connectivity index (χ1v) is 7.52. The van der Waals surface area contributed by atoms with Crippen LogP contribution in [0.3, 0.4) is 0 Å². The van der Waals surface area contributed by atoms with Crippen LogP contribution in [-0.2, 0) is 20.6 Å². The molecule has 0 N–H and O–H groups in total. The molecule has 2 aromatic rings. The third-order valence-electron chi connectivity index (χ3n) is 4.76. The number of aromatic nitrogens is 1. The van der Waals surface area contributed by atoms with E-state index in [1.54, 1.807) is 0 Å². The maximum absolute atomic E-state index is 4.62. The van der Waals surface area contributed by atoms with Crippen molar-refractivity contribution < 1.29 is 16.3 Å². The van der Waals surface area contributed by atoms with Gasteiger partial charge in [0, 0.05) is 0 Å². The van der Waals surface area contributed by atoms with E-state index in [1.807, 2.05) is 12.3 Å². The molecule has 0 saturated carbocycles. The Hall–Kier alpha value is -1.36. The van der Waals surface area contributed by atoms with E-state index in [1.165, 1.54) is 33.2 Å². The number of fused-ring (bicyclic) bond motifs is 1. The fourth-order valence-corrected chi connectivity index (χ4v) is 3.90. The SMILES string of the molecule is CC1=C(C)[C]([Cr])(c2cccc3cccnc23)C(C)=C1C. The van der Waals surface area contributed by atoms with Crippen molar-refractivity contribution in [2.45, 2.75) is 32.0 Å². The summed E-state index contributed by atoms with van der Waals surface area (Å²) in [6.07, 6.45) is 1.88. The zero-order valence-corrected chi connectivity index (χ0v) is 13.6. The van der Waals surface area contributed by atoms with Gasteiger partial charge in [-0.25, -0.2) is 0 Å². The van der Waals surface area contributed by atoms with Gasteiger partial charge >= 0.3 is 129 Å². The number of para-hydroxylation sites is 1. The normalized spacial score (nSPS) is 18.2. The molecule has 20 heavy (non-hydrogen) atoms. The van der Waals surface area contributed by atoms with Crippen LogP contribution < -0.4 is 0 Å². The first-order chi connectivity index (χ1) is 9.48. The summed E-state index contributed by atoms with van der Waals surface area (Å²) in [5.74, 6) is 0. The topological polar surface area (TPSA) is 12.9 Å². The number of hydrogen-bond donors (Lipinski definition) is 0. The van der Waals surface area contributed by atoms with Gasteiger partial charge in [0.25, 0.3) is 0 Å². The molecule has 1 heterocycles. The van der Waals surface area contributed by atoms with E-state index in [0.29, 0.717) is 0 Å². The fourth-order valence-electron chi connectivity index (χ4n) is 3.16. The van der Waals surface area contributed by atoms with Gasteiger partial charge in [-0.3, -0.25) is 0 Å². The maximum atomic E-state index is 4.62. The van der Waals surface area contributed by atoms with Crippen LogP contribution in [0.15, 0.2) is 58.8 Å². The Morgan fingerprint density at radius 3 is 2.15 bits per heavy atom. The summed E-state index contributed by atoms with van der Waals surface area (Å²) >= 11 is 3.47. The Labute approximate surface area is 128 Å². The standard InChI is InChI=1S/C18H18N.Cr/c1-11-12(2)14(4)17(13(11)3)16-9-5-7-15-8-6-10-19-18(15)16;/h5-10H,1-4H3;. The third kappa shape index (κ3) is 1.65. The molecular weight excluding hydrogens is 282 g/mol. The summed E-state index contributed by atoms with van der Waals surface area (Å²) in [6.45, 7) is 8.89. The monoisotopic (exact) mass is 300 g/mol. The van der Waals surface area contributed by atoms with Crippen LogP contribution in [0.25, 0.3) is 10.9 Å². The van der Waals surface area contributed by atoms with E-state index in [2.05, 4.69) is 73.2 Å². The average Bonchev–Trinajstić information content (AvgIpc) is 2.63. The zero-order chi connectivity index (χ0) is 14.5. The first kappa shape index (κ1) is 13.6. The predicted octanol–water partition coefficient (Wildman–Crippen LogP) is 4.66. The molecular formula is C18H18CrN. The molecule has 0 radical (unpaired) electrons. The van der Waals surface area contributed by atoms with Crippen LogP contribution in [-0.4, -0.2) is 4.98 Å². The fraction of sp³-hybridized carbons (Fsp3) is 0.278. The third-order valence-corrected chi connectivity index (χ3v) is 6.06. The van der Waals surface area contributed by atoms with Gasteiger partial charge in [0.2, 0.25) is 0 Å². The van der Waals surface area contributed by atoms with E-state index in [-0.39, 0.29) is 4.28 Å².